The number of aromatic nitrogens is 4. The van der Waals surface area contributed by atoms with Crippen molar-refractivity contribution in [2.45, 2.75) is 25.0 Å². The van der Waals surface area contributed by atoms with Crippen LogP contribution in [0.1, 0.15) is 11.1 Å². The molecule has 1 heterocycles. The zero-order chi connectivity index (χ0) is 20.9. The van der Waals surface area contributed by atoms with Gasteiger partial charge in [-0.1, -0.05) is 41.6 Å². The lowest BCUT2D eigenvalue weighted by Crippen LogP contribution is -2.24. The molecule has 0 fully saturated rings. The molecule has 0 saturated heterocycles. The standard InChI is InChI=1S/C18H16F3N5O2S/c1-12-2-4-13(5-3-12)10-22-16(27)11-29-17-23-24-25-26(17)14-6-8-15(9-7-14)28-18(19,20)21/h2-9H,10-11H2,1H3,(H,22,27). The Morgan fingerprint density at radius 3 is 2.48 bits per heavy atom. The van der Waals surface area contributed by atoms with Crippen LogP contribution < -0.4 is 10.1 Å². The molecular weight excluding hydrogens is 407 g/mol. The zero-order valence-electron chi connectivity index (χ0n) is 15.2. The first-order chi connectivity index (χ1) is 13.8. The molecule has 1 N–H and O–H groups in total. The molecule has 0 aliphatic carbocycles. The third-order valence-electron chi connectivity index (χ3n) is 3.70. The Balaban J connectivity index is 1.56. The Morgan fingerprint density at radius 2 is 1.83 bits per heavy atom. The number of carbonyl (C=O) groups is 1. The van der Waals surface area contributed by atoms with Crippen molar-refractivity contribution >= 4 is 17.7 Å². The number of halogens is 3. The van der Waals surface area contributed by atoms with E-state index in [2.05, 4.69) is 25.6 Å². The number of hydrogen-bond donors (Lipinski definition) is 1. The highest BCUT2D eigenvalue weighted by Gasteiger charge is 2.31. The van der Waals surface area contributed by atoms with E-state index >= 15 is 0 Å². The van der Waals surface area contributed by atoms with Crippen molar-refractivity contribution < 1.29 is 22.7 Å². The second kappa shape index (κ2) is 8.95. The number of aryl methyl sites for hydroxylation is 1. The van der Waals surface area contributed by atoms with Crippen LogP contribution in [0, 0.1) is 6.92 Å². The lowest BCUT2D eigenvalue weighted by atomic mass is 10.1. The Morgan fingerprint density at radius 1 is 1.14 bits per heavy atom. The maximum absolute atomic E-state index is 12.2. The van der Waals surface area contributed by atoms with E-state index in [0.29, 0.717) is 17.4 Å². The van der Waals surface area contributed by atoms with E-state index in [1.54, 1.807) is 0 Å². The fourth-order valence-electron chi connectivity index (χ4n) is 2.31. The largest absolute Gasteiger partial charge is 0.573 e. The van der Waals surface area contributed by atoms with E-state index in [0.717, 1.165) is 35.0 Å². The van der Waals surface area contributed by atoms with Crippen molar-refractivity contribution in [3.8, 4) is 11.4 Å². The van der Waals surface area contributed by atoms with E-state index < -0.39 is 6.36 Å². The van der Waals surface area contributed by atoms with Gasteiger partial charge in [-0.15, -0.1) is 18.3 Å². The first kappa shape index (κ1) is 20.6. The van der Waals surface area contributed by atoms with Crippen LogP contribution in [0.5, 0.6) is 5.75 Å². The molecule has 0 unspecified atom stereocenters. The van der Waals surface area contributed by atoms with Gasteiger partial charge in [-0.2, -0.15) is 4.68 Å². The molecule has 7 nitrogen and oxygen atoms in total. The lowest BCUT2D eigenvalue weighted by Gasteiger charge is -2.09. The number of thioether (sulfide) groups is 1. The molecule has 0 aliphatic heterocycles. The maximum atomic E-state index is 12.2. The van der Waals surface area contributed by atoms with E-state index in [1.165, 1.54) is 16.8 Å². The van der Waals surface area contributed by atoms with Gasteiger partial charge in [0.15, 0.2) is 0 Å². The summed E-state index contributed by atoms with van der Waals surface area (Å²) in [6.07, 6.45) is -4.76. The van der Waals surface area contributed by atoms with Crippen LogP contribution in [-0.2, 0) is 11.3 Å². The van der Waals surface area contributed by atoms with Gasteiger partial charge in [0.25, 0.3) is 0 Å². The van der Waals surface area contributed by atoms with Crippen LogP contribution in [-0.4, -0.2) is 38.2 Å². The first-order valence-electron chi connectivity index (χ1n) is 8.40. The fourth-order valence-corrected chi connectivity index (χ4v) is 3.03. The fraction of sp³-hybridized carbons (Fsp3) is 0.222. The smallest absolute Gasteiger partial charge is 0.406 e. The first-order valence-corrected chi connectivity index (χ1v) is 9.38. The van der Waals surface area contributed by atoms with Crippen LogP contribution in [0.15, 0.2) is 53.7 Å². The normalized spacial score (nSPS) is 11.3. The molecule has 3 aromatic rings. The molecule has 1 aromatic heterocycles. The van der Waals surface area contributed by atoms with Crippen molar-refractivity contribution in [3.05, 3.63) is 59.7 Å². The lowest BCUT2D eigenvalue weighted by molar-refractivity contribution is -0.274. The number of amides is 1. The van der Waals surface area contributed by atoms with Crippen molar-refractivity contribution in [2.75, 3.05) is 5.75 Å². The molecule has 11 heteroatoms. The molecule has 0 radical (unpaired) electrons. The van der Waals surface area contributed by atoms with Gasteiger partial charge >= 0.3 is 6.36 Å². The number of nitrogens with zero attached hydrogens (tertiary/aromatic N) is 4. The molecule has 0 bridgehead atoms. The van der Waals surface area contributed by atoms with Crippen molar-refractivity contribution in [1.29, 1.82) is 0 Å². The average molecular weight is 423 g/mol. The van der Waals surface area contributed by atoms with Gasteiger partial charge in [0.2, 0.25) is 11.1 Å². The van der Waals surface area contributed by atoms with Crippen LogP contribution in [0.2, 0.25) is 0 Å². The Hall–Kier alpha value is -3.08. The minimum Gasteiger partial charge on any atom is -0.406 e. The summed E-state index contributed by atoms with van der Waals surface area (Å²) in [5, 5.41) is 14.4. The third-order valence-corrected chi connectivity index (χ3v) is 4.62. The summed E-state index contributed by atoms with van der Waals surface area (Å²) >= 11 is 1.11. The number of hydrogen-bond acceptors (Lipinski definition) is 6. The number of ether oxygens (including phenoxy) is 1. The number of tetrazole rings is 1. The Labute approximate surface area is 168 Å². The van der Waals surface area contributed by atoms with E-state index in [9.17, 15) is 18.0 Å². The predicted molar refractivity (Wildman–Crippen MR) is 99.6 cm³/mol. The molecule has 29 heavy (non-hydrogen) atoms. The average Bonchev–Trinajstić information content (AvgIpc) is 3.14. The number of alkyl halides is 3. The minimum atomic E-state index is -4.76. The van der Waals surface area contributed by atoms with Gasteiger partial charge < -0.3 is 10.1 Å². The van der Waals surface area contributed by atoms with Gasteiger partial charge in [0.1, 0.15) is 5.75 Å². The second-order valence-electron chi connectivity index (χ2n) is 5.97. The van der Waals surface area contributed by atoms with Crippen molar-refractivity contribution in [3.63, 3.8) is 0 Å². The highest BCUT2D eigenvalue weighted by Crippen LogP contribution is 2.24. The maximum Gasteiger partial charge on any atom is 0.573 e. The molecule has 0 spiro atoms. The Kier molecular flexibility index (Phi) is 6.37. The molecule has 0 saturated carbocycles. The van der Waals surface area contributed by atoms with Gasteiger partial charge in [0.05, 0.1) is 11.4 Å². The monoisotopic (exact) mass is 423 g/mol. The number of benzene rings is 2. The third kappa shape index (κ3) is 6.21. The molecule has 3 rings (SSSR count). The van der Waals surface area contributed by atoms with Crippen molar-refractivity contribution in [2.24, 2.45) is 0 Å². The summed E-state index contributed by atoms with van der Waals surface area (Å²) < 4.78 is 41.9. The predicted octanol–water partition coefficient (Wildman–Crippen LogP) is 3.28. The van der Waals surface area contributed by atoms with Gasteiger partial charge in [-0.3, -0.25) is 4.79 Å². The highest BCUT2D eigenvalue weighted by atomic mass is 32.2. The molecular formula is C18H16F3N5O2S. The highest BCUT2D eigenvalue weighted by molar-refractivity contribution is 7.99. The SMILES string of the molecule is Cc1ccc(CNC(=O)CSc2nnnn2-c2ccc(OC(F)(F)F)cc2)cc1. The van der Waals surface area contributed by atoms with E-state index in [4.69, 9.17) is 0 Å². The topological polar surface area (TPSA) is 81.9 Å². The van der Waals surface area contributed by atoms with Crippen molar-refractivity contribution in [1.82, 2.24) is 25.5 Å². The number of nitrogens with one attached hydrogen (secondary N) is 1. The molecule has 0 atom stereocenters. The van der Waals surface area contributed by atoms with Crippen LogP contribution in [0.25, 0.3) is 5.69 Å². The van der Waals surface area contributed by atoms with Gasteiger partial charge in [-0.25, -0.2) is 0 Å². The quantitative estimate of drug-likeness (QED) is 0.588. The Bertz CT molecular complexity index is 959. The molecule has 2 aromatic carbocycles. The molecule has 1 amide bonds. The summed E-state index contributed by atoms with van der Waals surface area (Å²) in [5.74, 6) is -0.459. The molecule has 0 aliphatic rings. The molecule has 152 valence electrons. The number of carbonyl (C=O) groups excluding carboxylic acids is 1. The van der Waals surface area contributed by atoms with Crippen LogP contribution in [0.4, 0.5) is 13.2 Å². The summed E-state index contributed by atoms with van der Waals surface area (Å²) in [6, 6.07) is 12.9. The minimum absolute atomic E-state index is 0.0848. The van der Waals surface area contributed by atoms with Gasteiger partial charge in [-0.05, 0) is 47.2 Å². The summed E-state index contributed by atoms with van der Waals surface area (Å²) in [5.41, 5.74) is 2.56. The summed E-state index contributed by atoms with van der Waals surface area (Å²) in [7, 11) is 0. The van der Waals surface area contributed by atoms with E-state index in [-0.39, 0.29) is 17.4 Å². The zero-order valence-corrected chi connectivity index (χ0v) is 16.0. The summed E-state index contributed by atoms with van der Waals surface area (Å²) in [6.45, 7) is 2.39. The number of rotatable bonds is 7. The second-order valence-corrected chi connectivity index (χ2v) is 6.91. The summed E-state index contributed by atoms with van der Waals surface area (Å²) in [4.78, 5) is 12.1. The van der Waals surface area contributed by atoms with Crippen LogP contribution in [0.3, 0.4) is 0 Å². The van der Waals surface area contributed by atoms with Crippen LogP contribution >= 0.6 is 11.8 Å². The van der Waals surface area contributed by atoms with E-state index in [1.807, 2.05) is 31.2 Å². The van der Waals surface area contributed by atoms with Gasteiger partial charge in [0, 0.05) is 6.54 Å².